The summed E-state index contributed by atoms with van der Waals surface area (Å²) in [6.07, 6.45) is 0.852. The van der Waals surface area contributed by atoms with Gasteiger partial charge in [-0.3, -0.25) is 4.79 Å². The molecule has 1 aromatic carbocycles. The van der Waals surface area contributed by atoms with Crippen LogP contribution in [0.15, 0.2) is 18.2 Å². The van der Waals surface area contributed by atoms with E-state index in [1.165, 1.54) is 12.1 Å². The van der Waals surface area contributed by atoms with Gasteiger partial charge < -0.3 is 15.8 Å². The maximum atomic E-state index is 12.7. The molecule has 0 fully saturated rings. The number of benzene rings is 1. The Morgan fingerprint density at radius 2 is 2.29 bits per heavy atom. The summed E-state index contributed by atoms with van der Waals surface area (Å²) >= 11 is 0. The standard InChI is InChI=1S/C12H17FN2O2/c1-3-8(2)15-12(16)7-17-11-5-4-9(13)6-10(11)14/h4-6,8H,3,7,14H2,1-2H3,(H,15,16). The van der Waals surface area contributed by atoms with Crippen molar-refractivity contribution in [2.45, 2.75) is 26.3 Å². The lowest BCUT2D eigenvalue weighted by Gasteiger charge is -2.12. The van der Waals surface area contributed by atoms with Crippen LogP contribution in [-0.2, 0) is 4.79 Å². The van der Waals surface area contributed by atoms with E-state index in [4.69, 9.17) is 10.5 Å². The molecule has 0 aromatic heterocycles. The fourth-order valence-electron chi connectivity index (χ4n) is 1.21. The summed E-state index contributed by atoms with van der Waals surface area (Å²) in [7, 11) is 0. The molecule has 1 rings (SSSR count). The second-order valence-corrected chi connectivity index (χ2v) is 3.85. The van der Waals surface area contributed by atoms with E-state index in [1.807, 2.05) is 13.8 Å². The number of amides is 1. The molecule has 5 heteroatoms. The van der Waals surface area contributed by atoms with Crippen LogP contribution in [0.4, 0.5) is 10.1 Å². The molecule has 4 nitrogen and oxygen atoms in total. The molecule has 94 valence electrons. The minimum Gasteiger partial charge on any atom is -0.482 e. The number of rotatable bonds is 5. The van der Waals surface area contributed by atoms with E-state index in [2.05, 4.69) is 5.32 Å². The first kappa shape index (κ1) is 13.3. The average Bonchev–Trinajstić information content (AvgIpc) is 2.27. The molecule has 0 spiro atoms. The lowest BCUT2D eigenvalue weighted by atomic mass is 10.2. The van der Waals surface area contributed by atoms with E-state index >= 15 is 0 Å². The Morgan fingerprint density at radius 1 is 1.59 bits per heavy atom. The SMILES string of the molecule is CCC(C)NC(=O)COc1ccc(F)cc1N. The van der Waals surface area contributed by atoms with Crippen molar-refractivity contribution >= 4 is 11.6 Å². The lowest BCUT2D eigenvalue weighted by Crippen LogP contribution is -2.35. The van der Waals surface area contributed by atoms with Gasteiger partial charge in [-0.1, -0.05) is 6.92 Å². The number of nitrogen functional groups attached to an aromatic ring is 1. The number of nitrogens with two attached hydrogens (primary N) is 1. The van der Waals surface area contributed by atoms with Crippen molar-refractivity contribution in [2.24, 2.45) is 0 Å². The number of anilines is 1. The molecular formula is C12H17FN2O2. The molecule has 1 amide bonds. The molecule has 0 radical (unpaired) electrons. The summed E-state index contributed by atoms with van der Waals surface area (Å²) in [4.78, 5) is 11.4. The van der Waals surface area contributed by atoms with Crippen LogP contribution in [0.1, 0.15) is 20.3 Å². The van der Waals surface area contributed by atoms with E-state index in [0.29, 0.717) is 5.75 Å². The van der Waals surface area contributed by atoms with Crippen LogP contribution < -0.4 is 15.8 Å². The van der Waals surface area contributed by atoms with Gasteiger partial charge in [0.2, 0.25) is 0 Å². The summed E-state index contributed by atoms with van der Waals surface area (Å²) in [5.41, 5.74) is 5.72. The van der Waals surface area contributed by atoms with Gasteiger partial charge in [0.25, 0.3) is 5.91 Å². The minimum atomic E-state index is -0.432. The van der Waals surface area contributed by atoms with Crippen molar-refractivity contribution in [1.29, 1.82) is 0 Å². The van der Waals surface area contributed by atoms with Crippen LogP contribution in [0.2, 0.25) is 0 Å². The number of nitrogens with one attached hydrogen (secondary N) is 1. The summed E-state index contributed by atoms with van der Waals surface area (Å²) in [6, 6.07) is 3.90. The zero-order chi connectivity index (χ0) is 12.8. The highest BCUT2D eigenvalue weighted by molar-refractivity contribution is 5.78. The normalized spacial score (nSPS) is 11.9. The van der Waals surface area contributed by atoms with Crippen LogP contribution in [0, 0.1) is 5.82 Å². The number of hydrogen-bond donors (Lipinski definition) is 2. The third kappa shape index (κ3) is 4.30. The third-order valence-corrected chi connectivity index (χ3v) is 2.35. The molecule has 1 aromatic rings. The first-order valence-electron chi connectivity index (χ1n) is 5.50. The van der Waals surface area contributed by atoms with Gasteiger partial charge in [0, 0.05) is 12.1 Å². The predicted octanol–water partition coefficient (Wildman–Crippen LogP) is 1.70. The summed E-state index contributed by atoms with van der Waals surface area (Å²) in [5, 5.41) is 2.75. The van der Waals surface area contributed by atoms with Crippen molar-refractivity contribution in [3.05, 3.63) is 24.0 Å². The van der Waals surface area contributed by atoms with Crippen molar-refractivity contribution in [3.8, 4) is 5.75 Å². The van der Waals surface area contributed by atoms with Gasteiger partial charge >= 0.3 is 0 Å². The Bertz CT molecular complexity index is 396. The maximum Gasteiger partial charge on any atom is 0.258 e. The van der Waals surface area contributed by atoms with Crippen LogP contribution >= 0.6 is 0 Å². The quantitative estimate of drug-likeness (QED) is 0.770. The molecule has 0 aliphatic rings. The Labute approximate surface area is 100.0 Å². The molecule has 1 atom stereocenters. The van der Waals surface area contributed by atoms with E-state index < -0.39 is 5.82 Å². The van der Waals surface area contributed by atoms with Crippen LogP contribution in [0.3, 0.4) is 0 Å². The Balaban J connectivity index is 2.47. The highest BCUT2D eigenvalue weighted by Crippen LogP contribution is 2.21. The molecule has 0 saturated carbocycles. The van der Waals surface area contributed by atoms with Gasteiger partial charge in [0.05, 0.1) is 5.69 Å². The fourth-order valence-corrected chi connectivity index (χ4v) is 1.21. The number of carbonyl (C=O) groups is 1. The predicted molar refractivity (Wildman–Crippen MR) is 64.2 cm³/mol. The molecule has 17 heavy (non-hydrogen) atoms. The number of ether oxygens (including phenoxy) is 1. The number of hydrogen-bond acceptors (Lipinski definition) is 3. The Hall–Kier alpha value is -1.78. The summed E-state index contributed by atoms with van der Waals surface area (Å²) < 4.78 is 17.9. The van der Waals surface area contributed by atoms with Crippen molar-refractivity contribution in [1.82, 2.24) is 5.32 Å². The molecule has 1 unspecified atom stereocenters. The number of halogens is 1. The van der Waals surface area contributed by atoms with Gasteiger partial charge in [0.1, 0.15) is 11.6 Å². The topological polar surface area (TPSA) is 64.3 Å². The van der Waals surface area contributed by atoms with Crippen LogP contribution in [0.5, 0.6) is 5.75 Å². The molecule has 0 heterocycles. The first-order chi connectivity index (χ1) is 8.02. The van der Waals surface area contributed by atoms with Gasteiger partial charge in [-0.05, 0) is 25.5 Å². The zero-order valence-electron chi connectivity index (χ0n) is 10.00. The lowest BCUT2D eigenvalue weighted by molar-refractivity contribution is -0.123. The highest BCUT2D eigenvalue weighted by atomic mass is 19.1. The Kier molecular flexibility index (Phi) is 4.75. The first-order valence-corrected chi connectivity index (χ1v) is 5.50. The smallest absolute Gasteiger partial charge is 0.258 e. The third-order valence-electron chi connectivity index (χ3n) is 2.35. The van der Waals surface area contributed by atoms with Crippen molar-refractivity contribution in [3.63, 3.8) is 0 Å². The number of carbonyl (C=O) groups excluding carboxylic acids is 1. The Morgan fingerprint density at radius 3 is 2.88 bits per heavy atom. The second-order valence-electron chi connectivity index (χ2n) is 3.85. The van der Waals surface area contributed by atoms with Crippen molar-refractivity contribution < 1.29 is 13.9 Å². The van der Waals surface area contributed by atoms with Gasteiger partial charge in [-0.15, -0.1) is 0 Å². The van der Waals surface area contributed by atoms with Gasteiger partial charge in [-0.25, -0.2) is 4.39 Å². The van der Waals surface area contributed by atoms with Gasteiger partial charge in [0.15, 0.2) is 6.61 Å². The molecule has 3 N–H and O–H groups in total. The van der Waals surface area contributed by atoms with Gasteiger partial charge in [-0.2, -0.15) is 0 Å². The van der Waals surface area contributed by atoms with E-state index in [9.17, 15) is 9.18 Å². The van der Waals surface area contributed by atoms with Crippen LogP contribution in [0.25, 0.3) is 0 Å². The molecule has 0 saturated heterocycles. The highest BCUT2D eigenvalue weighted by Gasteiger charge is 2.08. The van der Waals surface area contributed by atoms with Crippen molar-refractivity contribution in [2.75, 3.05) is 12.3 Å². The van der Waals surface area contributed by atoms with Crippen LogP contribution in [-0.4, -0.2) is 18.6 Å². The minimum absolute atomic E-state index is 0.108. The monoisotopic (exact) mass is 240 g/mol. The average molecular weight is 240 g/mol. The molecular weight excluding hydrogens is 223 g/mol. The summed E-state index contributed by atoms with van der Waals surface area (Å²) in [5.74, 6) is -0.340. The van der Waals surface area contributed by atoms with E-state index in [-0.39, 0.29) is 24.2 Å². The summed E-state index contributed by atoms with van der Waals surface area (Å²) in [6.45, 7) is 3.76. The maximum absolute atomic E-state index is 12.7. The second kappa shape index (κ2) is 6.08. The molecule has 0 aliphatic heterocycles. The largest absolute Gasteiger partial charge is 0.482 e. The van der Waals surface area contributed by atoms with E-state index in [0.717, 1.165) is 12.5 Å². The molecule has 0 bridgehead atoms. The zero-order valence-corrected chi connectivity index (χ0v) is 10.00. The molecule has 0 aliphatic carbocycles. The fraction of sp³-hybridized carbons (Fsp3) is 0.417. The van der Waals surface area contributed by atoms with E-state index in [1.54, 1.807) is 0 Å².